The van der Waals surface area contributed by atoms with E-state index in [-0.39, 0.29) is 12.8 Å². The van der Waals surface area contributed by atoms with E-state index >= 15 is 0 Å². The van der Waals surface area contributed by atoms with E-state index in [0.29, 0.717) is 5.13 Å². The number of urea groups is 1. The standard InChI is InChI=1S/C12H18N4O4S/c1-3-7-6(2)21-12(15-7)16-11(20)14-8(10(18)19)4-5-9(13)17/h8H,3-5H2,1-2H3,(H2,13,17)(H,18,19)(H2,14,15,16,20)/t8-/m1/s1. The summed E-state index contributed by atoms with van der Waals surface area (Å²) in [4.78, 5) is 38.6. The molecular weight excluding hydrogens is 296 g/mol. The van der Waals surface area contributed by atoms with Crippen molar-refractivity contribution in [3.63, 3.8) is 0 Å². The fraction of sp³-hybridized carbons (Fsp3) is 0.500. The zero-order chi connectivity index (χ0) is 16.0. The fourth-order valence-electron chi connectivity index (χ4n) is 1.64. The lowest BCUT2D eigenvalue weighted by Gasteiger charge is -2.13. The fourth-order valence-corrected chi connectivity index (χ4v) is 2.54. The van der Waals surface area contributed by atoms with E-state index in [1.54, 1.807) is 0 Å². The van der Waals surface area contributed by atoms with Crippen molar-refractivity contribution < 1.29 is 19.5 Å². The molecule has 0 saturated carbocycles. The van der Waals surface area contributed by atoms with Crippen LogP contribution in [0.25, 0.3) is 0 Å². The van der Waals surface area contributed by atoms with Crippen LogP contribution in [-0.2, 0) is 16.0 Å². The smallest absolute Gasteiger partial charge is 0.326 e. The van der Waals surface area contributed by atoms with E-state index in [9.17, 15) is 14.4 Å². The number of rotatable bonds is 7. The van der Waals surface area contributed by atoms with E-state index in [2.05, 4.69) is 15.6 Å². The lowest BCUT2D eigenvalue weighted by atomic mass is 10.1. The van der Waals surface area contributed by atoms with Gasteiger partial charge in [0.25, 0.3) is 0 Å². The largest absolute Gasteiger partial charge is 0.480 e. The van der Waals surface area contributed by atoms with Crippen LogP contribution in [-0.4, -0.2) is 34.0 Å². The van der Waals surface area contributed by atoms with Crippen LogP contribution in [0.15, 0.2) is 0 Å². The normalized spacial score (nSPS) is 11.7. The van der Waals surface area contributed by atoms with Gasteiger partial charge in [-0.25, -0.2) is 14.6 Å². The number of aliphatic carboxylic acids is 1. The van der Waals surface area contributed by atoms with Gasteiger partial charge in [-0.05, 0) is 19.8 Å². The number of amides is 3. The number of aryl methyl sites for hydroxylation is 2. The van der Waals surface area contributed by atoms with Gasteiger partial charge in [-0.2, -0.15) is 0 Å². The van der Waals surface area contributed by atoms with E-state index < -0.39 is 23.9 Å². The third-order valence-corrected chi connectivity index (χ3v) is 3.66. The molecule has 1 heterocycles. The summed E-state index contributed by atoms with van der Waals surface area (Å²) in [6.45, 7) is 3.85. The average Bonchev–Trinajstić information content (AvgIpc) is 2.73. The van der Waals surface area contributed by atoms with Gasteiger partial charge in [-0.3, -0.25) is 10.1 Å². The number of hydrogen-bond donors (Lipinski definition) is 4. The second-order valence-corrected chi connectivity index (χ2v) is 5.57. The lowest BCUT2D eigenvalue weighted by Crippen LogP contribution is -2.43. The number of nitrogens with zero attached hydrogens (tertiary/aromatic N) is 1. The Kier molecular flexibility index (Phi) is 6.10. The van der Waals surface area contributed by atoms with E-state index in [0.717, 1.165) is 17.0 Å². The Bertz CT molecular complexity index is 543. The minimum Gasteiger partial charge on any atom is -0.480 e. The van der Waals surface area contributed by atoms with Crippen LogP contribution in [0.3, 0.4) is 0 Å². The molecule has 5 N–H and O–H groups in total. The van der Waals surface area contributed by atoms with Crippen LogP contribution in [0.1, 0.15) is 30.3 Å². The summed E-state index contributed by atoms with van der Waals surface area (Å²) in [6.07, 6.45) is 0.574. The maximum absolute atomic E-state index is 11.7. The Morgan fingerprint density at radius 1 is 1.43 bits per heavy atom. The van der Waals surface area contributed by atoms with Gasteiger partial charge in [-0.15, -0.1) is 11.3 Å². The highest BCUT2D eigenvalue weighted by atomic mass is 32.1. The summed E-state index contributed by atoms with van der Waals surface area (Å²) in [5.41, 5.74) is 5.85. The van der Waals surface area contributed by atoms with Crippen LogP contribution in [0.2, 0.25) is 0 Å². The van der Waals surface area contributed by atoms with Crippen LogP contribution >= 0.6 is 11.3 Å². The van der Waals surface area contributed by atoms with Gasteiger partial charge >= 0.3 is 12.0 Å². The summed E-state index contributed by atoms with van der Waals surface area (Å²) in [5.74, 6) is -1.84. The summed E-state index contributed by atoms with van der Waals surface area (Å²) in [6, 6.07) is -1.85. The third kappa shape index (κ3) is 5.38. The Balaban J connectivity index is 2.60. The zero-order valence-corrected chi connectivity index (χ0v) is 12.6. The van der Waals surface area contributed by atoms with Gasteiger partial charge in [0.1, 0.15) is 6.04 Å². The highest BCUT2D eigenvalue weighted by Crippen LogP contribution is 2.22. The monoisotopic (exact) mass is 314 g/mol. The molecule has 1 aromatic rings. The molecular formula is C12H18N4O4S. The van der Waals surface area contributed by atoms with Gasteiger partial charge in [0, 0.05) is 11.3 Å². The van der Waals surface area contributed by atoms with Crippen LogP contribution in [0, 0.1) is 6.92 Å². The molecule has 0 radical (unpaired) electrons. The summed E-state index contributed by atoms with van der Waals surface area (Å²) in [7, 11) is 0. The van der Waals surface area contributed by atoms with E-state index in [1.165, 1.54) is 11.3 Å². The zero-order valence-electron chi connectivity index (χ0n) is 11.8. The predicted octanol–water partition coefficient (Wildman–Crippen LogP) is 0.854. The van der Waals surface area contributed by atoms with Crippen molar-refractivity contribution in [3.05, 3.63) is 10.6 Å². The van der Waals surface area contributed by atoms with Gasteiger partial charge < -0.3 is 16.2 Å². The first-order valence-electron chi connectivity index (χ1n) is 6.38. The molecule has 0 aliphatic heterocycles. The van der Waals surface area contributed by atoms with Crippen LogP contribution in [0.4, 0.5) is 9.93 Å². The number of anilines is 1. The van der Waals surface area contributed by atoms with E-state index in [4.69, 9.17) is 10.8 Å². The van der Waals surface area contributed by atoms with E-state index in [1.807, 2.05) is 13.8 Å². The molecule has 0 bridgehead atoms. The molecule has 0 aliphatic carbocycles. The number of carboxylic acid groups (broad SMARTS) is 1. The first-order valence-corrected chi connectivity index (χ1v) is 7.20. The lowest BCUT2D eigenvalue weighted by molar-refractivity contribution is -0.139. The second kappa shape index (κ2) is 7.58. The number of thiazole rings is 1. The van der Waals surface area contributed by atoms with Crippen molar-refractivity contribution in [1.82, 2.24) is 10.3 Å². The molecule has 0 aliphatic rings. The Morgan fingerprint density at radius 2 is 2.10 bits per heavy atom. The molecule has 1 rings (SSSR count). The van der Waals surface area contributed by atoms with Gasteiger partial charge in [0.15, 0.2) is 5.13 Å². The molecule has 8 nitrogen and oxygen atoms in total. The van der Waals surface area contributed by atoms with Crippen LogP contribution in [0.5, 0.6) is 0 Å². The molecule has 0 fully saturated rings. The highest BCUT2D eigenvalue weighted by Gasteiger charge is 2.21. The third-order valence-electron chi connectivity index (χ3n) is 2.73. The first kappa shape index (κ1) is 16.9. The molecule has 0 saturated heterocycles. The van der Waals surface area contributed by atoms with Crippen molar-refractivity contribution in [2.24, 2.45) is 5.73 Å². The molecule has 1 atom stereocenters. The molecule has 0 aromatic carbocycles. The van der Waals surface area contributed by atoms with Gasteiger partial charge in [0.2, 0.25) is 5.91 Å². The number of carbonyl (C=O) groups excluding carboxylic acids is 2. The molecule has 116 valence electrons. The molecule has 0 spiro atoms. The number of carboxylic acids is 1. The number of nitrogens with two attached hydrogens (primary N) is 1. The van der Waals surface area contributed by atoms with Crippen LogP contribution < -0.4 is 16.4 Å². The summed E-state index contributed by atoms with van der Waals surface area (Å²) >= 11 is 1.32. The average molecular weight is 314 g/mol. The molecule has 1 aromatic heterocycles. The second-order valence-electron chi connectivity index (χ2n) is 4.37. The quantitative estimate of drug-likeness (QED) is 0.592. The SMILES string of the molecule is CCc1nc(NC(=O)N[C@H](CCC(N)=O)C(=O)O)sc1C. The van der Waals surface area contributed by atoms with Gasteiger partial charge in [-0.1, -0.05) is 6.92 Å². The Labute approximate surface area is 125 Å². The minimum atomic E-state index is -1.23. The molecule has 21 heavy (non-hydrogen) atoms. The van der Waals surface area contributed by atoms with Gasteiger partial charge in [0.05, 0.1) is 5.69 Å². The van der Waals surface area contributed by atoms with Crippen molar-refractivity contribution >= 4 is 34.4 Å². The topological polar surface area (TPSA) is 134 Å². The predicted molar refractivity (Wildman–Crippen MR) is 78.2 cm³/mol. The Hall–Kier alpha value is -2.16. The molecule has 9 heteroatoms. The molecule has 3 amide bonds. The maximum Gasteiger partial charge on any atom is 0.326 e. The first-order chi connectivity index (χ1) is 9.83. The number of nitrogens with one attached hydrogen (secondary N) is 2. The highest BCUT2D eigenvalue weighted by molar-refractivity contribution is 7.15. The van der Waals surface area contributed by atoms with Crippen molar-refractivity contribution in [2.45, 2.75) is 39.2 Å². The minimum absolute atomic E-state index is 0.0603. The Morgan fingerprint density at radius 3 is 2.57 bits per heavy atom. The maximum atomic E-state index is 11.7. The summed E-state index contributed by atoms with van der Waals surface area (Å²) in [5, 5.41) is 14.1. The number of hydrogen-bond acceptors (Lipinski definition) is 5. The molecule has 0 unspecified atom stereocenters. The number of carbonyl (C=O) groups is 3. The number of aromatic nitrogens is 1. The number of primary amides is 1. The van der Waals surface area contributed by atoms with Crippen molar-refractivity contribution in [2.75, 3.05) is 5.32 Å². The summed E-state index contributed by atoms with van der Waals surface area (Å²) < 4.78 is 0. The van der Waals surface area contributed by atoms with Crippen molar-refractivity contribution in [1.29, 1.82) is 0 Å². The van der Waals surface area contributed by atoms with Crippen molar-refractivity contribution in [3.8, 4) is 0 Å².